The number of H-pyrrole nitrogens is 1. The molecule has 0 aliphatic heterocycles. The van der Waals surface area contributed by atoms with E-state index in [1.807, 2.05) is 0 Å². The predicted octanol–water partition coefficient (Wildman–Crippen LogP) is 0.530. The average Bonchev–Trinajstić information content (AvgIpc) is 2.91. The molecule has 0 aliphatic rings. The Labute approximate surface area is 112 Å². The van der Waals surface area contributed by atoms with Crippen LogP contribution >= 0.6 is 0 Å². The van der Waals surface area contributed by atoms with Crippen molar-refractivity contribution < 1.29 is 19.8 Å². The molecule has 2 aromatic rings. The second-order valence-corrected chi connectivity index (χ2v) is 3.75. The summed E-state index contributed by atoms with van der Waals surface area (Å²) in [7, 11) is 0. The summed E-state index contributed by atoms with van der Waals surface area (Å²) in [5.74, 6) is -1.33. The maximum Gasteiger partial charge on any atom is 0.339 e. The van der Waals surface area contributed by atoms with Gasteiger partial charge in [-0.05, 0) is 12.1 Å². The Hall–Kier alpha value is -3.10. The average molecular weight is 277 g/mol. The van der Waals surface area contributed by atoms with Crippen molar-refractivity contribution in [2.24, 2.45) is 0 Å². The van der Waals surface area contributed by atoms with E-state index >= 15 is 0 Å². The molecule has 20 heavy (non-hydrogen) atoms. The van der Waals surface area contributed by atoms with E-state index in [-0.39, 0.29) is 17.8 Å². The lowest BCUT2D eigenvalue weighted by Crippen LogP contribution is -2.28. The van der Waals surface area contributed by atoms with Gasteiger partial charge in [-0.2, -0.15) is 5.10 Å². The number of carboxylic acids is 1. The molecule has 0 radical (unpaired) electrons. The molecule has 1 aromatic heterocycles. The van der Waals surface area contributed by atoms with Gasteiger partial charge in [-0.25, -0.2) is 14.6 Å². The molecule has 0 spiro atoms. The van der Waals surface area contributed by atoms with Crippen LogP contribution in [-0.2, 0) is 6.54 Å². The van der Waals surface area contributed by atoms with Crippen LogP contribution in [0.5, 0.6) is 5.75 Å². The van der Waals surface area contributed by atoms with Crippen LogP contribution in [0.15, 0.2) is 24.5 Å². The summed E-state index contributed by atoms with van der Waals surface area (Å²) in [6.45, 7) is 0.116. The van der Waals surface area contributed by atoms with E-state index in [4.69, 9.17) is 5.11 Å². The second kappa shape index (κ2) is 5.69. The summed E-state index contributed by atoms with van der Waals surface area (Å²) in [4.78, 5) is 26.2. The van der Waals surface area contributed by atoms with Crippen molar-refractivity contribution in [1.82, 2.24) is 20.5 Å². The molecule has 0 fully saturated rings. The van der Waals surface area contributed by atoms with Gasteiger partial charge in [0.1, 0.15) is 17.7 Å². The van der Waals surface area contributed by atoms with E-state index in [2.05, 4.69) is 25.8 Å². The molecule has 0 saturated heterocycles. The van der Waals surface area contributed by atoms with Crippen LogP contribution in [0.3, 0.4) is 0 Å². The van der Waals surface area contributed by atoms with Crippen molar-refractivity contribution in [3.8, 4) is 5.75 Å². The molecular formula is C11H11N5O4. The van der Waals surface area contributed by atoms with Gasteiger partial charge in [0.05, 0.1) is 12.2 Å². The Kier molecular flexibility index (Phi) is 3.80. The largest absolute Gasteiger partial charge is 0.505 e. The molecule has 0 bridgehead atoms. The number of anilines is 1. The van der Waals surface area contributed by atoms with Crippen LogP contribution in [0, 0.1) is 0 Å². The molecule has 0 aliphatic carbocycles. The van der Waals surface area contributed by atoms with Gasteiger partial charge in [-0.1, -0.05) is 6.07 Å². The fourth-order valence-corrected chi connectivity index (χ4v) is 1.46. The number of amides is 2. The van der Waals surface area contributed by atoms with Crippen molar-refractivity contribution in [3.63, 3.8) is 0 Å². The van der Waals surface area contributed by atoms with Crippen molar-refractivity contribution in [3.05, 3.63) is 35.9 Å². The smallest absolute Gasteiger partial charge is 0.339 e. The second-order valence-electron chi connectivity index (χ2n) is 3.75. The number of carbonyl (C=O) groups excluding carboxylic acids is 1. The van der Waals surface area contributed by atoms with Gasteiger partial charge in [0, 0.05) is 0 Å². The van der Waals surface area contributed by atoms with Gasteiger partial charge in [-0.3, -0.25) is 5.10 Å². The number of nitrogens with one attached hydrogen (secondary N) is 3. The molecule has 9 nitrogen and oxygen atoms in total. The van der Waals surface area contributed by atoms with Crippen molar-refractivity contribution >= 4 is 17.7 Å². The van der Waals surface area contributed by atoms with Crippen LogP contribution < -0.4 is 10.6 Å². The standard InChI is InChI=1S/C11H11N5O4/c17-9-6(10(18)19)2-1-3-7(9)15-11(20)12-4-8-13-5-14-16-8/h1-3,5,17H,4H2,(H,18,19)(H2,12,15,20)(H,13,14,16). The number of para-hydroxylation sites is 1. The Bertz CT molecular complexity index is 626. The zero-order valence-corrected chi connectivity index (χ0v) is 10.1. The number of rotatable bonds is 4. The molecule has 1 aromatic carbocycles. The highest BCUT2D eigenvalue weighted by atomic mass is 16.4. The summed E-state index contributed by atoms with van der Waals surface area (Å²) < 4.78 is 0. The number of hydrogen-bond donors (Lipinski definition) is 5. The number of nitrogens with zero attached hydrogens (tertiary/aromatic N) is 2. The van der Waals surface area contributed by atoms with Crippen LogP contribution in [0.4, 0.5) is 10.5 Å². The number of urea groups is 1. The third kappa shape index (κ3) is 3.02. The first-order valence-electron chi connectivity index (χ1n) is 5.52. The van der Waals surface area contributed by atoms with Gasteiger partial charge >= 0.3 is 12.0 Å². The van der Waals surface area contributed by atoms with E-state index in [9.17, 15) is 14.7 Å². The third-order valence-electron chi connectivity index (χ3n) is 2.40. The minimum absolute atomic E-state index is 0.0000279. The lowest BCUT2D eigenvalue weighted by atomic mass is 10.2. The first-order chi connectivity index (χ1) is 9.58. The fraction of sp³-hybridized carbons (Fsp3) is 0.0909. The van der Waals surface area contributed by atoms with Crippen LogP contribution in [0.2, 0.25) is 0 Å². The quantitative estimate of drug-likeness (QED) is 0.516. The molecule has 104 valence electrons. The Morgan fingerprint density at radius 3 is 2.80 bits per heavy atom. The molecule has 0 atom stereocenters. The number of carboxylic acid groups (broad SMARTS) is 1. The molecule has 5 N–H and O–H groups in total. The van der Waals surface area contributed by atoms with E-state index in [0.717, 1.165) is 0 Å². The van der Waals surface area contributed by atoms with E-state index in [1.165, 1.54) is 24.5 Å². The maximum atomic E-state index is 11.6. The van der Waals surface area contributed by atoms with E-state index in [0.29, 0.717) is 5.82 Å². The number of phenols is 1. The van der Waals surface area contributed by atoms with E-state index in [1.54, 1.807) is 0 Å². The molecule has 2 rings (SSSR count). The summed E-state index contributed by atoms with van der Waals surface area (Å²) >= 11 is 0. The van der Waals surface area contributed by atoms with Gasteiger partial charge in [0.15, 0.2) is 5.75 Å². The zero-order valence-electron chi connectivity index (χ0n) is 10.1. The molecule has 2 amide bonds. The van der Waals surface area contributed by atoms with Crippen molar-refractivity contribution in [2.45, 2.75) is 6.54 Å². The number of aromatic carboxylic acids is 1. The summed E-state index contributed by atoms with van der Waals surface area (Å²) in [6.07, 6.45) is 1.30. The van der Waals surface area contributed by atoms with Gasteiger partial charge in [-0.15, -0.1) is 0 Å². The summed E-state index contributed by atoms with van der Waals surface area (Å²) in [5, 5.41) is 29.5. The number of hydrogen-bond acceptors (Lipinski definition) is 5. The lowest BCUT2D eigenvalue weighted by molar-refractivity contribution is 0.0693. The van der Waals surface area contributed by atoms with Crippen LogP contribution in [0.1, 0.15) is 16.2 Å². The highest BCUT2D eigenvalue weighted by Gasteiger charge is 2.14. The van der Waals surface area contributed by atoms with Gasteiger partial charge in [0.25, 0.3) is 0 Å². The molecular weight excluding hydrogens is 266 g/mol. The molecule has 0 saturated carbocycles. The van der Waals surface area contributed by atoms with Crippen molar-refractivity contribution in [2.75, 3.05) is 5.32 Å². The topological polar surface area (TPSA) is 140 Å². The van der Waals surface area contributed by atoms with Crippen LogP contribution in [-0.4, -0.2) is 37.4 Å². The number of aromatic nitrogens is 3. The van der Waals surface area contributed by atoms with Crippen LogP contribution in [0.25, 0.3) is 0 Å². The number of benzene rings is 1. The predicted molar refractivity (Wildman–Crippen MR) is 67.3 cm³/mol. The third-order valence-corrected chi connectivity index (χ3v) is 2.40. The number of carbonyl (C=O) groups is 2. The first kappa shape index (κ1) is 13.3. The minimum atomic E-state index is -1.28. The Morgan fingerprint density at radius 1 is 1.35 bits per heavy atom. The highest BCUT2D eigenvalue weighted by Crippen LogP contribution is 2.27. The highest BCUT2D eigenvalue weighted by molar-refractivity contribution is 5.97. The maximum absolute atomic E-state index is 11.6. The summed E-state index contributed by atoms with van der Waals surface area (Å²) in [5.41, 5.74) is -0.294. The van der Waals surface area contributed by atoms with Crippen molar-refractivity contribution in [1.29, 1.82) is 0 Å². The summed E-state index contributed by atoms with van der Waals surface area (Å²) in [6, 6.07) is 3.42. The molecule has 0 unspecified atom stereocenters. The SMILES string of the molecule is O=C(NCc1ncn[nH]1)Nc1cccc(C(=O)O)c1O. The van der Waals surface area contributed by atoms with Gasteiger partial charge < -0.3 is 20.8 Å². The fourth-order valence-electron chi connectivity index (χ4n) is 1.46. The molecule has 9 heteroatoms. The first-order valence-corrected chi connectivity index (χ1v) is 5.52. The molecule has 1 heterocycles. The monoisotopic (exact) mass is 277 g/mol. The minimum Gasteiger partial charge on any atom is -0.505 e. The number of aromatic amines is 1. The van der Waals surface area contributed by atoms with Gasteiger partial charge in [0.2, 0.25) is 0 Å². The Morgan fingerprint density at radius 2 is 2.15 bits per heavy atom. The zero-order chi connectivity index (χ0) is 14.5. The normalized spacial score (nSPS) is 10.0. The number of aromatic hydroxyl groups is 1. The lowest BCUT2D eigenvalue weighted by Gasteiger charge is -2.09. The van der Waals surface area contributed by atoms with E-state index < -0.39 is 17.7 Å². The Balaban J connectivity index is 2.01.